The minimum absolute atomic E-state index is 0. The second kappa shape index (κ2) is 10.3. The molecule has 1 amide bonds. The molecule has 0 aromatic heterocycles. The second-order valence-corrected chi connectivity index (χ2v) is 4.18. The fourth-order valence-electron chi connectivity index (χ4n) is 1.05. The molecule has 0 atom stereocenters. The van der Waals surface area contributed by atoms with Crippen molar-refractivity contribution in [3.8, 4) is 5.75 Å². The Kier molecular flexibility index (Phi) is 12.5. The van der Waals surface area contributed by atoms with Crippen LogP contribution in [0.3, 0.4) is 0 Å². The van der Waals surface area contributed by atoms with Crippen molar-refractivity contribution < 1.29 is 117 Å². The maximum absolute atomic E-state index is 11.4. The van der Waals surface area contributed by atoms with Crippen molar-refractivity contribution in [3.05, 3.63) is 29.6 Å². The first-order chi connectivity index (χ1) is 7.42. The van der Waals surface area contributed by atoms with E-state index in [1.54, 1.807) is 39.0 Å². The third-order valence-corrected chi connectivity index (χ3v) is 1.61. The molecule has 0 fully saturated rings. The molecule has 1 aromatic carbocycles. The molecule has 0 radical (unpaired) electrons. The number of carbonyl (C=O) groups excluding carboxylic acids is 1. The molecule has 0 unspecified atom stereocenters. The van der Waals surface area contributed by atoms with Crippen molar-refractivity contribution in [1.29, 1.82) is 0 Å². The predicted molar refractivity (Wildman–Crippen MR) is 61.1 cm³/mol. The molecule has 0 saturated carbocycles. The Morgan fingerprint density at radius 3 is 2.44 bits per heavy atom. The molecule has 0 aliphatic carbocycles. The number of nitrogens with zero attached hydrogens (tertiary/aromatic N) is 1. The van der Waals surface area contributed by atoms with Gasteiger partial charge in [0.25, 0.3) is 0 Å². The van der Waals surface area contributed by atoms with E-state index in [9.17, 15) is 4.79 Å². The van der Waals surface area contributed by atoms with Crippen LogP contribution in [0.15, 0.2) is 18.2 Å². The summed E-state index contributed by atoms with van der Waals surface area (Å²) in [7, 11) is 1.50. The molecule has 0 bridgehead atoms. The largest absolute Gasteiger partial charge is 1.00 e. The van der Waals surface area contributed by atoms with E-state index in [2.05, 4.69) is 11.4 Å². The van der Waals surface area contributed by atoms with E-state index in [0.717, 1.165) is 0 Å². The van der Waals surface area contributed by atoms with E-state index in [1.165, 1.54) is 7.11 Å². The average Bonchev–Trinajstić information content (AvgIpc) is 2.15. The molecule has 0 aliphatic rings. The maximum atomic E-state index is 11.4. The van der Waals surface area contributed by atoms with Crippen LogP contribution in [0.5, 0.6) is 5.75 Å². The average molecular weight is 299 g/mol. The van der Waals surface area contributed by atoms with Gasteiger partial charge in [0, 0.05) is 0 Å². The molecule has 6 heteroatoms. The van der Waals surface area contributed by atoms with Crippen molar-refractivity contribution in [2.24, 2.45) is 0 Å². The van der Waals surface area contributed by atoms with Gasteiger partial charge in [-0.25, -0.2) is 5.69 Å². The van der Waals surface area contributed by atoms with Crippen molar-refractivity contribution in [2.45, 2.75) is 26.4 Å². The van der Waals surface area contributed by atoms with Crippen molar-refractivity contribution in [1.82, 2.24) is 0 Å². The topological polar surface area (TPSA) is 49.6 Å². The van der Waals surface area contributed by atoms with Crippen molar-refractivity contribution in [3.63, 3.8) is 0 Å². The second-order valence-electron chi connectivity index (χ2n) is 4.18. The number of amides is 1. The van der Waals surface area contributed by atoms with Crippen LogP contribution in [0.1, 0.15) is 20.8 Å². The van der Waals surface area contributed by atoms with Gasteiger partial charge in [-0.2, -0.15) is 18.2 Å². The number of rotatable bonds is 2. The van der Waals surface area contributed by atoms with Crippen LogP contribution in [0, 0.1) is 6.07 Å². The van der Waals surface area contributed by atoms with Gasteiger partial charge in [-0.15, -0.1) is 6.07 Å². The quantitative estimate of drug-likeness (QED) is 0.446. The molecule has 18 heavy (non-hydrogen) atoms. The molecule has 0 aliphatic heterocycles. The summed E-state index contributed by atoms with van der Waals surface area (Å²) in [6.07, 6.45) is -0.634. The molecule has 0 saturated heterocycles. The number of methoxy groups -OCH3 is 1. The third kappa shape index (κ3) is 8.68. The number of hydrogen-bond acceptors (Lipinski definition) is 3. The Morgan fingerprint density at radius 1 is 1.33 bits per heavy atom. The van der Waals surface area contributed by atoms with Crippen molar-refractivity contribution in [2.75, 3.05) is 7.11 Å². The first-order valence-electron chi connectivity index (χ1n) is 4.92. The molecule has 1 aromatic rings. The number of para-hydroxylation sites is 1. The normalized spacial score (nSPS) is 9.56. The summed E-state index contributed by atoms with van der Waals surface area (Å²) in [5.41, 5.74) is -0.133. The summed E-state index contributed by atoms with van der Waals surface area (Å²) in [6, 6.07) is 7.91. The number of carbonyl (C=O) groups is 1. The van der Waals surface area contributed by atoms with E-state index in [1.807, 2.05) is 0 Å². The standard InChI is InChI=1S/C12H16NO3.2K/c1-12(2,3)16-11(14)13-9-7-5-6-8-10(9)15-4;;/h5-7H,1-4H3,(H,13,14);;/q-1;2*+1/p-1. The fraction of sp³-hybridized carbons (Fsp3) is 0.417. The zero-order valence-corrected chi connectivity index (χ0v) is 18.2. The van der Waals surface area contributed by atoms with Crippen LogP contribution in [-0.2, 0) is 4.74 Å². The zero-order chi connectivity index (χ0) is 12.2. The van der Waals surface area contributed by atoms with Crippen LogP contribution in [-0.4, -0.2) is 18.8 Å². The Labute approximate surface area is 193 Å². The number of benzene rings is 1. The minimum atomic E-state index is -0.634. The number of ether oxygens (including phenoxy) is 2. The van der Waals surface area contributed by atoms with Gasteiger partial charge < -0.3 is 14.8 Å². The number of hydrogen-bond donors (Lipinski definition) is 0. The Morgan fingerprint density at radius 2 is 1.94 bits per heavy atom. The van der Waals surface area contributed by atoms with Crippen LogP contribution in [0.4, 0.5) is 10.5 Å². The zero-order valence-electron chi connectivity index (χ0n) is 11.9. The van der Waals surface area contributed by atoms with Crippen LogP contribution < -0.4 is 108 Å². The van der Waals surface area contributed by atoms with Gasteiger partial charge in [-0.05, 0) is 26.5 Å². The van der Waals surface area contributed by atoms with E-state index >= 15 is 0 Å². The van der Waals surface area contributed by atoms with E-state index in [4.69, 9.17) is 9.47 Å². The molecular weight excluding hydrogens is 284 g/mol. The summed E-state index contributed by atoms with van der Waals surface area (Å²) in [6.45, 7) is 5.36. The smallest absolute Gasteiger partial charge is 0.646 e. The first-order valence-corrected chi connectivity index (χ1v) is 4.92. The Bertz CT molecular complexity index is 378. The van der Waals surface area contributed by atoms with Gasteiger partial charge in [0.2, 0.25) is 6.09 Å². The maximum Gasteiger partial charge on any atom is 1.00 e. The van der Waals surface area contributed by atoms with Crippen LogP contribution in [0.2, 0.25) is 0 Å². The third-order valence-electron chi connectivity index (χ3n) is 1.61. The Hall–Kier alpha value is 1.56. The van der Waals surface area contributed by atoms with Crippen LogP contribution in [0.25, 0.3) is 5.32 Å². The molecule has 88 valence electrons. The van der Waals surface area contributed by atoms with Crippen molar-refractivity contribution >= 4 is 11.8 Å². The van der Waals surface area contributed by atoms with Gasteiger partial charge in [0.05, 0.1) is 7.11 Å². The molecule has 1 rings (SSSR count). The van der Waals surface area contributed by atoms with E-state index in [-0.39, 0.29) is 103 Å². The summed E-state index contributed by atoms with van der Waals surface area (Å²) in [5, 5.41) is 3.80. The Balaban J connectivity index is 0. The summed E-state index contributed by atoms with van der Waals surface area (Å²) < 4.78 is 10.1. The van der Waals surface area contributed by atoms with Gasteiger partial charge in [-0.1, -0.05) is 0 Å². The van der Waals surface area contributed by atoms with Gasteiger partial charge >= 0.3 is 103 Å². The van der Waals surface area contributed by atoms with Gasteiger partial charge in [0.1, 0.15) is 5.60 Å². The van der Waals surface area contributed by atoms with Gasteiger partial charge in [0.15, 0.2) is 0 Å². The molecular formula is C12H15K2NO3. The van der Waals surface area contributed by atoms with Gasteiger partial charge in [-0.3, -0.25) is 4.79 Å². The molecule has 0 heterocycles. The van der Waals surface area contributed by atoms with E-state index in [0.29, 0.717) is 11.4 Å². The monoisotopic (exact) mass is 299 g/mol. The first kappa shape index (κ1) is 21.9. The predicted octanol–water partition coefficient (Wildman–Crippen LogP) is -2.56. The fourth-order valence-corrected chi connectivity index (χ4v) is 1.05. The molecule has 4 nitrogen and oxygen atoms in total. The SMILES string of the molecule is COc1[c-]cccc1[N-]C(=O)OC(C)(C)C.[K+].[K+]. The summed E-state index contributed by atoms with van der Waals surface area (Å²) in [4.78, 5) is 11.4. The molecule has 0 N–H and O–H groups in total. The van der Waals surface area contributed by atoms with E-state index < -0.39 is 11.7 Å². The molecule has 0 spiro atoms. The minimum Gasteiger partial charge on any atom is -0.646 e. The summed E-state index contributed by atoms with van der Waals surface area (Å²) in [5.74, 6) is 0.424. The summed E-state index contributed by atoms with van der Waals surface area (Å²) >= 11 is 0. The van der Waals surface area contributed by atoms with Crippen LogP contribution >= 0.6 is 0 Å².